The van der Waals surface area contributed by atoms with Crippen LogP contribution in [0.3, 0.4) is 0 Å². The van der Waals surface area contributed by atoms with Crippen LogP contribution >= 0.6 is 22.9 Å². The van der Waals surface area contributed by atoms with Crippen molar-refractivity contribution in [2.45, 2.75) is 13.1 Å². The predicted molar refractivity (Wildman–Crippen MR) is 91.0 cm³/mol. The fourth-order valence-corrected chi connectivity index (χ4v) is 3.07. The summed E-state index contributed by atoms with van der Waals surface area (Å²) in [5.41, 5.74) is 0.759. The predicted octanol–water partition coefficient (Wildman–Crippen LogP) is 4.65. The smallest absolute Gasteiger partial charge is 0.335 e. The average Bonchev–Trinajstić information content (AvgIpc) is 3.19. The highest BCUT2D eigenvalue weighted by molar-refractivity contribution is 7.09. The molecule has 3 rings (SSSR count). The number of benzene rings is 1. The first-order valence-corrected chi connectivity index (χ1v) is 8.24. The summed E-state index contributed by atoms with van der Waals surface area (Å²) in [4.78, 5) is 12.3. The lowest BCUT2D eigenvalue weighted by atomic mass is 10.1. The summed E-state index contributed by atoms with van der Waals surface area (Å²) in [6, 6.07) is 12.3. The maximum absolute atomic E-state index is 11.1. The van der Waals surface area contributed by atoms with Crippen molar-refractivity contribution in [3.63, 3.8) is 0 Å². The number of hydrogen-bond acceptors (Lipinski definition) is 4. The lowest BCUT2D eigenvalue weighted by Gasteiger charge is -2.03. The Morgan fingerprint density at radius 3 is 2.83 bits per heavy atom. The Morgan fingerprint density at radius 2 is 2.09 bits per heavy atom. The molecule has 3 aromatic rings. The fraction of sp³-hybridized carbons (Fsp3) is 0.118. The van der Waals surface area contributed by atoms with E-state index in [1.54, 1.807) is 23.5 Å². The van der Waals surface area contributed by atoms with E-state index < -0.39 is 5.97 Å². The zero-order valence-electron chi connectivity index (χ0n) is 12.1. The first-order chi connectivity index (χ1) is 11.1. The monoisotopic (exact) mass is 347 g/mol. The molecule has 0 unspecified atom stereocenters. The Balaban J connectivity index is 1.71. The summed E-state index contributed by atoms with van der Waals surface area (Å²) in [5.74, 6) is 0.340. The maximum Gasteiger partial charge on any atom is 0.335 e. The summed E-state index contributed by atoms with van der Waals surface area (Å²) < 4.78 is 5.77. The van der Waals surface area contributed by atoms with Crippen molar-refractivity contribution in [1.82, 2.24) is 5.32 Å². The second kappa shape index (κ2) is 7.00. The zero-order valence-corrected chi connectivity index (χ0v) is 13.7. The normalized spacial score (nSPS) is 10.8. The molecule has 118 valence electrons. The molecule has 0 atom stereocenters. The van der Waals surface area contributed by atoms with Crippen molar-refractivity contribution in [1.29, 1.82) is 0 Å². The van der Waals surface area contributed by atoms with E-state index in [0.717, 1.165) is 12.3 Å². The van der Waals surface area contributed by atoms with Crippen molar-refractivity contribution in [3.8, 4) is 11.3 Å². The van der Waals surface area contributed by atoms with Crippen LogP contribution < -0.4 is 5.32 Å². The highest BCUT2D eigenvalue weighted by Gasteiger charge is 2.12. The van der Waals surface area contributed by atoms with Gasteiger partial charge in [0.15, 0.2) is 0 Å². The minimum absolute atomic E-state index is 0.179. The Hall–Kier alpha value is -2.08. The van der Waals surface area contributed by atoms with E-state index in [1.165, 1.54) is 17.0 Å². The van der Waals surface area contributed by atoms with Gasteiger partial charge in [-0.3, -0.25) is 0 Å². The molecule has 0 amide bonds. The van der Waals surface area contributed by atoms with Crippen LogP contribution in [0.2, 0.25) is 5.02 Å². The van der Waals surface area contributed by atoms with Gasteiger partial charge in [-0.15, -0.1) is 11.3 Å². The summed E-state index contributed by atoms with van der Waals surface area (Å²) in [7, 11) is 0. The molecule has 4 nitrogen and oxygen atoms in total. The van der Waals surface area contributed by atoms with Crippen LogP contribution in [0.5, 0.6) is 0 Å². The molecular formula is C17H14ClNO3S. The number of hydrogen-bond donors (Lipinski definition) is 2. The topological polar surface area (TPSA) is 62.5 Å². The molecular weight excluding hydrogens is 334 g/mol. The Labute approximate surface area is 142 Å². The van der Waals surface area contributed by atoms with Gasteiger partial charge in [0.05, 0.1) is 17.1 Å². The van der Waals surface area contributed by atoms with Gasteiger partial charge in [-0.05, 0) is 41.8 Å². The van der Waals surface area contributed by atoms with Crippen LogP contribution in [0.1, 0.15) is 21.0 Å². The minimum atomic E-state index is -0.993. The Morgan fingerprint density at radius 1 is 1.22 bits per heavy atom. The fourth-order valence-electron chi connectivity index (χ4n) is 2.19. The molecule has 23 heavy (non-hydrogen) atoms. The molecule has 0 bridgehead atoms. The number of aromatic carboxylic acids is 1. The first kappa shape index (κ1) is 15.8. The number of thiophene rings is 1. The van der Waals surface area contributed by atoms with Crippen molar-refractivity contribution >= 4 is 28.9 Å². The molecule has 0 saturated heterocycles. The van der Waals surface area contributed by atoms with Gasteiger partial charge in [0.2, 0.25) is 0 Å². The molecule has 2 aromatic heterocycles. The number of halogens is 1. The quantitative estimate of drug-likeness (QED) is 0.681. The number of rotatable bonds is 6. The van der Waals surface area contributed by atoms with Crippen molar-refractivity contribution < 1.29 is 14.3 Å². The average molecular weight is 348 g/mol. The first-order valence-electron chi connectivity index (χ1n) is 6.98. The van der Waals surface area contributed by atoms with E-state index >= 15 is 0 Å². The van der Waals surface area contributed by atoms with Gasteiger partial charge in [-0.1, -0.05) is 17.7 Å². The van der Waals surface area contributed by atoms with E-state index in [4.69, 9.17) is 21.1 Å². The van der Waals surface area contributed by atoms with Gasteiger partial charge in [-0.25, -0.2) is 4.79 Å². The molecule has 0 spiro atoms. The van der Waals surface area contributed by atoms with E-state index in [0.29, 0.717) is 22.9 Å². The summed E-state index contributed by atoms with van der Waals surface area (Å²) in [6.07, 6.45) is 0. The van der Waals surface area contributed by atoms with Crippen LogP contribution in [-0.4, -0.2) is 11.1 Å². The third-order valence-electron chi connectivity index (χ3n) is 3.32. The summed E-state index contributed by atoms with van der Waals surface area (Å²) >= 11 is 7.85. The number of furan rings is 1. The molecule has 2 heterocycles. The van der Waals surface area contributed by atoms with Crippen LogP contribution in [0.15, 0.2) is 52.3 Å². The minimum Gasteiger partial charge on any atom is -0.478 e. The number of carboxylic acids is 1. The van der Waals surface area contributed by atoms with E-state index in [2.05, 4.69) is 11.4 Å². The van der Waals surface area contributed by atoms with Crippen molar-refractivity contribution in [2.24, 2.45) is 0 Å². The summed E-state index contributed by atoms with van der Waals surface area (Å²) in [6.45, 7) is 1.37. The Kier molecular flexibility index (Phi) is 4.81. The molecule has 1 aromatic carbocycles. The standard InChI is InChI=1S/C17H14ClNO3S/c18-15-5-3-11(17(20)21)8-14(15)16-6-4-12(22-16)9-19-10-13-2-1-7-23-13/h1-8,19H,9-10H2,(H,20,21). The molecule has 0 aliphatic rings. The largest absolute Gasteiger partial charge is 0.478 e. The zero-order chi connectivity index (χ0) is 16.2. The third kappa shape index (κ3) is 3.82. The molecule has 0 radical (unpaired) electrons. The Bertz CT molecular complexity index is 811. The van der Waals surface area contributed by atoms with E-state index in [1.807, 2.05) is 17.5 Å². The number of carboxylic acid groups (broad SMARTS) is 1. The van der Waals surface area contributed by atoms with Gasteiger partial charge in [0.25, 0.3) is 0 Å². The molecule has 0 aliphatic carbocycles. The second-order valence-electron chi connectivity index (χ2n) is 4.95. The maximum atomic E-state index is 11.1. The highest BCUT2D eigenvalue weighted by Crippen LogP contribution is 2.30. The highest BCUT2D eigenvalue weighted by atomic mass is 35.5. The molecule has 0 fully saturated rings. The van der Waals surface area contributed by atoms with Crippen LogP contribution in [0.25, 0.3) is 11.3 Å². The molecule has 6 heteroatoms. The lowest BCUT2D eigenvalue weighted by molar-refractivity contribution is 0.0697. The van der Waals surface area contributed by atoms with Crippen LogP contribution in [0.4, 0.5) is 0 Å². The van der Waals surface area contributed by atoms with Crippen molar-refractivity contribution in [3.05, 3.63) is 69.1 Å². The van der Waals surface area contributed by atoms with Crippen LogP contribution in [-0.2, 0) is 13.1 Å². The molecule has 0 saturated carbocycles. The molecule has 2 N–H and O–H groups in total. The SMILES string of the molecule is O=C(O)c1ccc(Cl)c(-c2ccc(CNCc3cccs3)o2)c1. The van der Waals surface area contributed by atoms with E-state index in [9.17, 15) is 4.79 Å². The summed E-state index contributed by atoms with van der Waals surface area (Å²) in [5, 5.41) is 14.9. The van der Waals surface area contributed by atoms with Gasteiger partial charge < -0.3 is 14.8 Å². The van der Waals surface area contributed by atoms with Crippen LogP contribution in [0, 0.1) is 0 Å². The van der Waals surface area contributed by atoms with Gasteiger partial charge >= 0.3 is 5.97 Å². The lowest BCUT2D eigenvalue weighted by Crippen LogP contribution is -2.10. The van der Waals surface area contributed by atoms with Gasteiger partial charge in [0.1, 0.15) is 11.5 Å². The van der Waals surface area contributed by atoms with Crippen molar-refractivity contribution in [2.75, 3.05) is 0 Å². The third-order valence-corrected chi connectivity index (χ3v) is 4.52. The molecule has 0 aliphatic heterocycles. The second-order valence-corrected chi connectivity index (χ2v) is 6.39. The van der Waals surface area contributed by atoms with E-state index in [-0.39, 0.29) is 5.56 Å². The number of carbonyl (C=O) groups is 1. The van der Waals surface area contributed by atoms with Gasteiger partial charge in [-0.2, -0.15) is 0 Å². The number of nitrogens with one attached hydrogen (secondary N) is 1. The van der Waals surface area contributed by atoms with Gasteiger partial charge in [0, 0.05) is 17.0 Å².